The summed E-state index contributed by atoms with van der Waals surface area (Å²) in [4.78, 5) is 16.8. The van der Waals surface area contributed by atoms with Gasteiger partial charge in [0.05, 0.1) is 14.9 Å². The summed E-state index contributed by atoms with van der Waals surface area (Å²) in [6.07, 6.45) is 1.63. The first-order valence-corrected chi connectivity index (χ1v) is 7.56. The Kier molecular flexibility index (Phi) is 3.60. The van der Waals surface area contributed by atoms with Gasteiger partial charge in [0, 0.05) is 11.9 Å². The van der Waals surface area contributed by atoms with Crippen molar-refractivity contribution in [2.45, 2.75) is 0 Å². The number of amides is 1. The number of carbonyl (C=O) groups excluding carboxylic acids is 1. The van der Waals surface area contributed by atoms with Gasteiger partial charge in [0.1, 0.15) is 16.2 Å². The number of hydrogen-bond donors (Lipinski definition) is 2. The second-order valence-electron chi connectivity index (χ2n) is 4.28. The third-order valence-corrected chi connectivity index (χ3v) is 4.63. The minimum absolute atomic E-state index is 0.284. The molecule has 0 saturated carbocycles. The number of hydrogen-bond acceptors (Lipinski definition) is 4. The number of rotatable bonds is 2. The zero-order valence-corrected chi connectivity index (χ0v) is 13.0. The number of aromatic nitrogens is 1. The number of nitrogen functional groups attached to an aromatic ring is 1. The van der Waals surface area contributed by atoms with Crippen molar-refractivity contribution in [1.29, 1.82) is 0 Å². The molecular weight excluding hydrogens is 357 g/mol. The normalized spacial score (nSPS) is 10.8. The fourth-order valence-corrected chi connectivity index (χ4v) is 3.23. The summed E-state index contributed by atoms with van der Waals surface area (Å²) in [5.74, 6) is -0.729. The molecule has 0 saturated heterocycles. The molecule has 3 aromatic rings. The number of pyridine rings is 1. The molecule has 2 aromatic heterocycles. The van der Waals surface area contributed by atoms with E-state index in [0.717, 1.165) is 4.70 Å². The summed E-state index contributed by atoms with van der Waals surface area (Å²) >= 11 is 4.35. The molecule has 0 unspecified atom stereocenters. The Labute approximate surface area is 131 Å². The van der Waals surface area contributed by atoms with Gasteiger partial charge in [0.2, 0.25) is 0 Å². The number of anilines is 2. The Hall–Kier alpha value is -1.99. The van der Waals surface area contributed by atoms with Gasteiger partial charge >= 0.3 is 0 Å². The molecule has 3 rings (SSSR count). The predicted octanol–water partition coefficient (Wildman–Crippen LogP) is 4.03. The summed E-state index contributed by atoms with van der Waals surface area (Å²) in [6, 6.07) is 7.90. The highest BCUT2D eigenvalue weighted by Gasteiger charge is 2.17. The van der Waals surface area contributed by atoms with Crippen LogP contribution in [0.25, 0.3) is 10.2 Å². The second kappa shape index (κ2) is 5.42. The van der Waals surface area contributed by atoms with E-state index in [9.17, 15) is 9.18 Å². The number of fused-ring (bicyclic) bond motifs is 1. The van der Waals surface area contributed by atoms with Crippen LogP contribution in [0.5, 0.6) is 0 Å². The Balaban J connectivity index is 1.93. The Bertz CT molecular complexity index is 849. The van der Waals surface area contributed by atoms with E-state index in [1.165, 1.54) is 29.5 Å². The van der Waals surface area contributed by atoms with Gasteiger partial charge in [-0.25, -0.2) is 4.39 Å². The van der Waals surface area contributed by atoms with E-state index >= 15 is 0 Å². The summed E-state index contributed by atoms with van der Waals surface area (Å²) < 4.78 is 14.3. The van der Waals surface area contributed by atoms with Gasteiger partial charge < -0.3 is 11.1 Å². The molecule has 4 nitrogen and oxygen atoms in total. The van der Waals surface area contributed by atoms with Crippen LogP contribution in [0.4, 0.5) is 15.8 Å². The number of benzene rings is 1. The number of thiophene rings is 1. The quantitative estimate of drug-likeness (QED) is 0.720. The molecule has 0 bridgehead atoms. The predicted molar refractivity (Wildman–Crippen MR) is 86.1 cm³/mol. The van der Waals surface area contributed by atoms with Gasteiger partial charge in [-0.1, -0.05) is 0 Å². The molecule has 21 heavy (non-hydrogen) atoms. The Morgan fingerprint density at radius 2 is 2.19 bits per heavy atom. The maximum Gasteiger partial charge on any atom is 0.267 e. The number of carbonyl (C=O) groups is 1. The minimum atomic E-state index is -0.390. The van der Waals surface area contributed by atoms with Crippen molar-refractivity contribution < 1.29 is 9.18 Å². The molecule has 1 amide bonds. The van der Waals surface area contributed by atoms with Crippen LogP contribution in [-0.2, 0) is 0 Å². The molecular formula is C14H9BrFN3OS. The summed E-state index contributed by atoms with van der Waals surface area (Å²) in [5, 5.41) is 2.70. The van der Waals surface area contributed by atoms with E-state index in [2.05, 4.69) is 26.2 Å². The first-order chi connectivity index (χ1) is 10.1. The van der Waals surface area contributed by atoms with Crippen LogP contribution in [-0.4, -0.2) is 10.9 Å². The standard InChI is InChI=1S/C14H9BrFN3OS/c15-8-6-7(3-4-9(8)16)19-14(20)13-11(17)12-10(21-13)2-1-5-18-12/h1-6H,17H2,(H,19,20). The van der Waals surface area contributed by atoms with Crippen LogP contribution in [0.3, 0.4) is 0 Å². The minimum Gasteiger partial charge on any atom is -0.396 e. The van der Waals surface area contributed by atoms with Crippen LogP contribution in [0.15, 0.2) is 41.0 Å². The van der Waals surface area contributed by atoms with Crippen molar-refractivity contribution in [2.24, 2.45) is 0 Å². The average molecular weight is 366 g/mol. The van der Waals surface area contributed by atoms with Gasteiger partial charge in [-0.15, -0.1) is 11.3 Å². The first kappa shape index (κ1) is 14.0. The SMILES string of the molecule is Nc1c(C(=O)Nc2ccc(F)c(Br)c2)sc2cccnc12. The molecule has 0 aliphatic carbocycles. The van der Waals surface area contributed by atoms with Crippen molar-refractivity contribution >= 4 is 54.8 Å². The van der Waals surface area contributed by atoms with E-state index in [1.807, 2.05) is 6.07 Å². The average Bonchev–Trinajstić information content (AvgIpc) is 2.81. The molecule has 2 heterocycles. The summed E-state index contributed by atoms with van der Waals surface area (Å²) in [7, 11) is 0. The van der Waals surface area contributed by atoms with Gasteiger partial charge in [0.25, 0.3) is 5.91 Å². The zero-order valence-electron chi connectivity index (χ0n) is 10.6. The molecule has 0 fully saturated rings. The number of nitrogens with zero attached hydrogens (tertiary/aromatic N) is 1. The van der Waals surface area contributed by atoms with Crippen LogP contribution >= 0.6 is 27.3 Å². The van der Waals surface area contributed by atoms with Crippen molar-refractivity contribution in [3.8, 4) is 0 Å². The van der Waals surface area contributed by atoms with Crippen LogP contribution in [0, 0.1) is 5.82 Å². The van der Waals surface area contributed by atoms with Gasteiger partial charge in [-0.2, -0.15) is 0 Å². The number of nitrogens with one attached hydrogen (secondary N) is 1. The van der Waals surface area contributed by atoms with E-state index < -0.39 is 5.82 Å². The van der Waals surface area contributed by atoms with Gasteiger partial charge in [-0.05, 0) is 46.3 Å². The van der Waals surface area contributed by atoms with E-state index in [4.69, 9.17) is 5.73 Å². The van der Waals surface area contributed by atoms with Crippen LogP contribution < -0.4 is 11.1 Å². The molecule has 3 N–H and O–H groups in total. The van der Waals surface area contributed by atoms with Gasteiger partial charge in [0.15, 0.2) is 0 Å². The van der Waals surface area contributed by atoms with Crippen LogP contribution in [0.1, 0.15) is 9.67 Å². The lowest BCUT2D eigenvalue weighted by Gasteiger charge is -2.05. The van der Waals surface area contributed by atoms with Crippen molar-refractivity contribution in [3.05, 3.63) is 51.7 Å². The highest BCUT2D eigenvalue weighted by atomic mass is 79.9. The zero-order chi connectivity index (χ0) is 15.0. The molecule has 106 valence electrons. The highest BCUT2D eigenvalue weighted by molar-refractivity contribution is 9.10. The first-order valence-electron chi connectivity index (χ1n) is 5.95. The maximum atomic E-state index is 13.2. The molecule has 0 spiro atoms. The molecule has 7 heteroatoms. The fourth-order valence-electron chi connectivity index (χ4n) is 1.88. The maximum absolute atomic E-state index is 13.2. The Morgan fingerprint density at radius 3 is 2.90 bits per heavy atom. The van der Waals surface area contributed by atoms with E-state index in [-0.39, 0.29) is 10.4 Å². The second-order valence-corrected chi connectivity index (χ2v) is 6.18. The summed E-state index contributed by atoms with van der Waals surface area (Å²) in [6.45, 7) is 0. The molecule has 0 radical (unpaired) electrons. The molecule has 0 atom stereocenters. The lowest BCUT2D eigenvalue weighted by Crippen LogP contribution is -2.12. The van der Waals surface area contributed by atoms with Crippen LogP contribution in [0.2, 0.25) is 0 Å². The van der Waals surface area contributed by atoms with Crippen molar-refractivity contribution in [2.75, 3.05) is 11.1 Å². The highest BCUT2D eigenvalue weighted by Crippen LogP contribution is 2.32. The third kappa shape index (κ3) is 2.62. The van der Waals surface area contributed by atoms with E-state index in [0.29, 0.717) is 21.8 Å². The Morgan fingerprint density at radius 1 is 1.38 bits per heavy atom. The van der Waals surface area contributed by atoms with Crippen molar-refractivity contribution in [1.82, 2.24) is 4.98 Å². The molecule has 1 aromatic carbocycles. The largest absolute Gasteiger partial charge is 0.396 e. The smallest absolute Gasteiger partial charge is 0.267 e. The summed E-state index contributed by atoms with van der Waals surface area (Å²) in [5.41, 5.74) is 7.42. The molecule has 0 aliphatic heterocycles. The third-order valence-electron chi connectivity index (χ3n) is 2.87. The van der Waals surface area contributed by atoms with Gasteiger partial charge in [-0.3, -0.25) is 9.78 Å². The fraction of sp³-hybridized carbons (Fsp3) is 0. The molecule has 0 aliphatic rings. The lowest BCUT2D eigenvalue weighted by atomic mass is 10.3. The van der Waals surface area contributed by atoms with Crippen molar-refractivity contribution in [3.63, 3.8) is 0 Å². The topological polar surface area (TPSA) is 68.0 Å². The number of nitrogens with two attached hydrogens (primary N) is 1. The lowest BCUT2D eigenvalue weighted by molar-refractivity contribution is 0.103. The number of halogens is 2. The monoisotopic (exact) mass is 365 g/mol. The van der Waals surface area contributed by atoms with E-state index in [1.54, 1.807) is 12.3 Å².